The second-order valence-electron chi connectivity index (χ2n) is 5.83. The van der Waals surface area contributed by atoms with Crippen molar-refractivity contribution in [1.82, 2.24) is 25.6 Å². The normalized spacial score (nSPS) is 10.5. The number of amides is 2. The van der Waals surface area contributed by atoms with Gasteiger partial charge in [-0.05, 0) is 32.9 Å². The Morgan fingerprint density at radius 1 is 1.12 bits per heavy atom. The summed E-state index contributed by atoms with van der Waals surface area (Å²) in [6.07, 6.45) is 0. The Kier molecular flexibility index (Phi) is 6.42. The van der Waals surface area contributed by atoms with Crippen molar-refractivity contribution in [3.05, 3.63) is 41.7 Å². The van der Waals surface area contributed by atoms with Crippen molar-refractivity contribution in [2.75, 3.05) is 13.2 Å². The Balaban J connectivity index is 1.87. The molecule has 0 spiro atoms. The van der Waals surface area contributed by atoms with Crippen LogP contribution < -0.4 is 10.6 Å². The van der Waals surface area contributed by atoms with Crippen LogP contribution in [0.4, 0.5) is 0 Å². The maximum Gasteiger partial charge on any atom is 0.361 e. The summed E-state index contributed by atoms with van der Waals surface area (Å²) < 4.78 is 4.93. The molecule has 0 fully saturated rings. The molecular weight excluding hydrogens is 338 g/mol. The maximum atomic E-state index is 12.1. The van der Waals surface area contributed by atoms with Gasteiger partial charge < -0.3 is 15.4 Å². The number of benzene rings is 1. The molecule has 9 nitrogen and oxygen atoms in total. The molecule has 2 aromatic rings. The lowest BCUT2D eigenvalue weighted by Crippen LogP contribution is -2.41. The van der Waals surface area contributed by atoms with Gasteiger partial charge in [0, 0.05) is 6.04 Å². The number of carbonyl (C=O) groups is 3. The number of aryl methyl sites for hydroxylation is 1. The van der Waals surface area contributed by atoms with Crippen LogP contribution in [0.15, 0.2) is 30.3 Å². The molecule has 9 heteroatoms. The van der Waals surface area contributed by atoms with Crippen LogP contribution in [0.3, 0.4) is 0 Å². The first-order valence-corrected chi connectivity index (χ1v) is 8.09. The second kappa shape index (κ2) is 8.75. The van der Waals surface area contributed by atoms with Crippen molar-refractivity contribution in [1.29, 1.82) is 0 Å². The van der Waals surface area contributed by atoms with Gasteiger partial charge in [0.2, 0.25) is 5.91 Å². The monoisotopic (exact) mass is 359 g/mol. The Morgan fingerprint density at radius 2 is 1.81 bits per heavy atom. The predicted octanol–water partition coefficient (Wildman–Crippen LogP) is 0.373. The van der Waals surface area contributed by atoms with Gasteiger partial charge in [0.15, 0.2) is 12.3 Å². The third-order valence-corrected chi connectivity index (χ3v) is 3.19. The number of hydrogen-bond acceptors (Lipinski definition) is 6. The topological polar surface area (TPSA) is 115 Å². The van der Waals surface area contributed by atoms with Crippen LogP contribution in [0.2, 0.25) is 0 Å². The highest BCUT2D eigenvalue weighted by Gasteiger charge is 2.19. The molecule has 0 bridgehead atoms. The van der Waals surface area contributed by atoms with E-state index in [1.807, 2.05) is 32.0 Å². The second-order valence-corrected chi connectivity index (χ2v) is 5.83. The molecule has 138 valence electrons. The fourth-order valence-corrected chi connectivity index (χ4v) is 2.05. The van der Waals surface area contributed by atoms with E-state index in [0.717, 1.165) is 0 Å². The Bertz CT molecular complexity index is 786. The van der Waals surface area contributed by atoms with Crippen molar-refractivity contribution in [3.8, 4) is 5.69 Å². The first-order chi connectivity index (χ1) is 12.4. The molecule has 0 aliphatic carbocycles. The number of rotatable bonds is 7. The van der Waals surface area contributed by atoms with Gasteiger partial charge in [-0.3, -0.25) is 9.59 Å². The highest BCUT2D eigenvalue weighted by atomic mass is 16.5. The van der Waals surface area contributed by atoms with E-state index in [2.05, 4.69) is 20.8 Å². The number of nitrogens with one attached hydrogen (secondary N) is 2. The summed E-state index contributed by atoms with van der Waals surface area (Å²) in [6.45, 7) is 4.56. The number of carbonyl (C=O) groups excluding carboxylic acids is 3. The zero-order valence-electron chi connectivity index (χ0n) is 14.9. The minimum atomic E-state index is -0.758. The summed E-state index contributed by atoms with van der Waals surface area (Å²) in [7, 11) is 0. The SMILES string of the molecule is Cc1nn(-c2ccccc2)nc1C(=O)OCC(=O)NCC(=O)NC(C)C. The van der Waals surface area contributed by atoms with Gasteiger partial charge in [0.25, 0.3) is 5.91 Å². The van der Waals surface area contributed by atoms with Crippen molar-refractivity contribution in [2.24, 2.45) is 0 Å². The van der Waals surface area contributed by atoms with Gasteiger partial charge in [-0.25, -0.2) is 4.79 Å². The van der Waals surface area contributed by atoms with Gasteiger partial charge in [-0.15, -0.1) is 5.10 Å². The van der Waals surface area contributed by atoms with Crippen molar-refractivity contribution >= 4 is 17.8 Å². The Hall–Kier alpha value is -3.23. The predicted molar refractivity (Wildman–Crippen MR) is 92.7 cm³/mol. The average molecular weight is 359 g/mol. The molecule has 0 saturated heterocycles. The summed E-state index contributed by atoms with van der Waals surface area (Å²) >= 11 is 0. The van der Waals surface area contributed by atoms with Gasteiger partial charge in [0.05, 0.1) is 17.9 Å². The van der Waals surface area contributed by atoms with Gasteiger partial charge in [-0.2, -0.15) is 9.90 Å². The number of nitrogens with zero attached hydrogens (tertiary/aromatic N) is 3. The van der Waals surface area contributed by atoms with E-state index in [-0.39, 0.29) is 24.2 Å². The average Bonchev–Trinajstić information content (AvgIpc) is 3.00. The molecule has 2 N–H and O–H groups in total. The minimum absolute atomic E-state index is 0.0209. The smallest absolute Gasteiger partial charge is 0.361 e. The molecule has 0 radical (unpaired) electrons. The van der Waals surface area contributed by atoms with Crippen molar-refractivity contribution in [3.63, 3.8) is 0 Å². The quantitative estimate of drug-likeness (QED) is 0.690. The first kappa shape index (κ1) is 19.1. The number of para-hydroxylation sites is 1. The zero-order chi connectivity index (χ0) is 19.1. The molecule has 0 unspecified atom stereocenters. The van der Waals surface area contributed by atoms with E-state index in [9.17, 15) is 14.4 Å². The fourth-order valence-electron chi connectivity index (χ4n) is 2.05. The van der Waals surface area contributed by atoms with E-state index in [4.69, 9.17) is 4.74 Å². The van der Waals surface area contributed by atoms with Crippen molar-refractivity contribution in [2.45, 2.75) is 26.8 Å². The Morgan fingerprint density at radius 3 is 2.46 bits per heavy atom. The lowest BCUT2D eigenvalue weighted by Gasteiger charge is -2.09. The molecule has 2 rings (SSSR count). The van der Waals surface area contributed by atoms with Crippen LogP contribution >= 0.6 is 0 Å². The van der Waals surface area contributed by atoms with Crippen LogP contribution in [-0.4, -0.2) is 52.0 Å². The largest absolute Gasteiger partial charge is 0.451 e. The zero-order valence-corrected chi connectivity index (χ0v) is 14.9. The molecule has 0 saturated carbocycles. The summed E-state index contributed by atoms with van der Waals surface area (Å²) in [6, 6.07) is 9.08. The maximum absolute atomic E-state index is 12.1. The minimum Gasteiger partial charge on any atom is -0.451 e. The third-order valence-electron chi connectivity index (χ3n) is 3.19. The fraction of sp³-hybridized carbons (Fsp3) is 0.353. The molecule has 0 atom stereocenters. The van der Waals surface area contributed by atoms with Crippen LogP contribution in [0.1, 0.15) is 30.0 Å². The lowest BCUT2D eigenvalue weighted by atomic mass is 10.3. The molecular formula is C17H21N5O4. The standard InChI is InChI=1S/C17H21N5O4/c1-11(2)19-14(23)9-18-15(24)10-26-17(25)16-12(3)20-22(21-16)13-7-5-4-6-8-13/h4-8,11H,9-10H2,1-3H3,(H,18,24)(H,19,23). The Labute approximate surface area is 150 Å². The van der Waals surface area contributed by atoms with E-state index in [0.29, 0.717) is 11.4 Å². The molecule has 1 aromatic carbocycles. The van der Waals surface area contributed by atoms with Gasteiger partial charge in [0.1, 0.15) is 0 Å². The highest BCUT2D eigenvalue weighted by Crippen LogP contribution is 2.09. The molecule has 2 amide bonds. The number of hydrogen-bond donors (Lipinski definition) is 2. The summed E-state index contributed by atoms with van der Waals surface area (Å²) in [5.41, 5.74) is 1.11. The summed E-state index contributed by atoms with van der Waals surface area (Å²) in [5.74, 6) is -1.65. The van der Waals surface area contributed by atoms with Crippen LogP contribution in [-0.2, 0) is 14.3 Å². The first-order valence-electron chi connectivity index (χ1n) is 8.09. The summed E-state index contributed by atoms with van der Waals surface area (Å²) in [5, 5.41) is 13.3. The number of aromatic nitrogens is 3. The van der Waals surface area contributed by atoms with Gasteiger partial charge in [-0.1, -0.05) is 18.2 Å². The number of ether oxygens (including phenoxy) is 1. The van der Waals surface area contributed by atoms with Crippen molar-refractivity contribution < 1.29 is 19.1 Å². The van der Waals surface area contributed by atoms with Crippen LogP contribution in [0.25, 0.3) is 5.69 Å². The van der Waals surface area contributed by atoms with Gasteiger partial charge >= 0.3 is 5.97 Å². The van der Waals surface area contributed by atoms with Crippen LogP contribution in [0, 0.1) is 6.92 Å². The van der Waals surface area contributed by atoms with Crippen LogP contribution in [0.5, 0.6) is 0 Å². The highest BCUT2D eigenvalue weighted by molar-refractivity contribution is 5.91. The molecule has 26 heavy (non-hydrogen) atoms. The molecule has 0 aliphatic heterocycles. The van der Waals surface area contributed by atoms with E-state index >= 15 is 0 Å². The molecule has 1 heterocycles. The molecule has 0 aliphatic rings. The number of esters is 1. The summed E-state index contributed by atoms with van der Waals surface area (Å²) in [4.78, 5) is 36.5. The van der Waals surface area contributed by atoms with E-state index in [1.165, 1.54) is 4.80 Å². The third kappa shape index (κ3) is 5.40. The lowest BCUT2D eigenvalue weighted by molar-refractivity contribution is -0.128. The molecule has 1 aromatic heterocycles. The van der Waals surface area contributed by atoms with E-state index < -0.39 is 18.5 Å². The van der Waals surface area contributed by atoms with E-state index in [1.54, 1.807) is 19.1 Å².